The van der Waals surface area contributed by atoms with E-state index in [9.17, 15) is 0 Å². The summed E-state index contributed by atoms with van der Waals surface area (Å²) >= 11 is 0. The molecule has 0 bridgehead atoms. The molecule has 2 aliphatic rings. The zero-order chi connectivity index (χ0) is 14.8. The Bertz CT molecular complexity index is 284. The SMILES string of the molecule is CNC(C1CC(C)CC(C)C1)C1(N(C)C)CCCCC1. The Balaban J connectivity index is 2.19. The van der Waals surface area contributed by atoms with Crippen molar-refractivity contribution in [2.45, 2.75) is 76.8 Å². The maximum Gasteiger partial charge on any atom is 0.0359 e. The molecule has 20 heavy (non-hydrogen) atoms. The van der Waals surface area contributed by atoms with Crippen LogP contribution in [0.3, 0.4) is 0 Å². The number of likely N-dealkylation sites (N-methyl/N-ethyl adjacent to an activating group) is 2. The minimum absolute atomic E-state index is 0.397. The van der Waals surface area contributed by atoms with Gasteiger partial charge >= 0.3 is 0 Å². The Kier molecular flexibility index (Phi) is 5.53. The summed E-state index contributed by atoms with van der Waals surface area (Å²) in [6.07, 6.45) is 11.3. The zero-order valence-corrected chi connectivity index (χ0v) is 14.4. The Labute approximate surface area is 126 Å². The fourth-order valence-electron chi connectivity index (χ4n) is 5.42. The molecule has 2 nitrogen and oxygen atoms in total. The molecule has 2 aliphatic carbocycles. The smallest absolute Gasteiger partial charge is 0.0359 e. The highest BCUT2D eigenvalue weighted by molar-refractivity contribution is 5.03. The molecule has 0 amide bonds. The lowest BCUT2D eigenvalue weighted by molar-refractivity contribution is 0.0158. The lowest BCUT2D eigenvalue weighted by Crippen LogP contribution is -2.62. The Morgan fingerprint density at radius 1 is 0.950 bits per heavy atom. The van der Waals surface area contributed by atoms with Gasteiger partial charge in [0, 0.05) is 11.6 Å². The van der Waals surface area contributed by atoms with E-state index in [0.717, 1.165) is 17.8 Å². The first-order valence-corrected chi connectivity index (χ1v) is 8.84. The first-order chi connectivity index (χ1) is 9.49. The van der Waals surface area contributed by atoms with Gasteiger partial charge in [0.2, 0.25) is 0 Å². The third kappa shape index (κ3) is 3.22. The lowest BCUT2D eigenvalue weighted by Gasteiger charge is -2.52. The molecule has 0 aromatic carbocycles. The lowest BCUT2D eigenvalue weighted by atomic mass is 9.65. The van der Waals surface area contributed by atoms with Gasteiger partial charge in [-0.3, -0.25) is 0 Å². The molecule has 0 aromatic heterocycles. The van der Waals surface area contributed by atoms with Gasteiger partial charge in [-0.05, 0) is 71.0 Å². The Morgan fingerprint density at radius 3 is 1.95 bits per heavy atom. The molecule has 0 spiro atoms. The van der Waals surface area contributed by atoms with Crippen LogP contribution in [0.1, 0.15) is 65.2 Å². The second kappa shape index (κ2) is 6.79. The predicted molar refractivity (Wildman–Crippen MR) is 88.0 cm³/mol. The van der Waals surface area contributed by atoms with Gasteiger partial charge in [0.25, 0.3) is 0 Å². The molecule has 0 aliphatic heterocycles. The summed E-state index contributed by atoms with van der Waals surface area (Å²) in [5.41, 5.74) is 0.397. The summed E-state index contributed by atoms with van der Waals surface area (Å²) in [4.78, 5) is 2.55. The first kappa shape index (κ1) is 16.3. The zero-order valence-electron chi connectivity index (χ0n) is 14.4. The summed E-state index contributed by atoms with van der Waals surface area (Å²) in [5, 5.41) is 3.76. The van der Waals surface area contributed by atoms with E-state index >= 15 is 0 Å². The highest BCUT2D eigenvalue weighted by Gasteiger charge is 2.45. The van der Waals surface area contributed by atoms with Crippen molar-refractivity contribution in [1.29, 1.82) is 0 Å². The highest BCUT2D eigenvalue weighted by Crippen LogP contribution is 2.43. The number of hydrogen-bond acceptors (Lipinski definition) is 2. The van der Waals surface area contributed by atoms with Crippen LogP contribution in [0.5, 0.6) is 0 Å². The van der Waals surface area contributed by atoms with Crippen molar-refractivity contribution in [2.75, 3.05) is 21.1 Å². The van der Waals surface area contributed by atoms with Crippen LogP contribution in [0.25, 0.3) is 0 Å². The average molecular weight is 280 g/mol. The summed E-state index contributed by atoms with van der Waals surface area (Å²) in [6, 6.07) is 0.669. The summed E-state index contributed by atoms with van der Waals surface area (Å²) in [7, 11) is 6.82. The van der Waals surface area contributed by atoms with Gasteiger partial charge in [0.15, 0.2) is 0 Å². The van der Waals surface area contributed by atoms with Crippen LogP contribution in [-0.4, -0.2) is 37.6 Å². The highest BCUT2D eigenvalue weighted by atomic mass is 15.2. The van der Waals surface area contributed by atoms with Crippen molar-refractivity contribution in [3.8, 4) is 0 Å². The summed E-state index contributed by atoms with van der Waals surface area (Å²) in [5.74, 6) is 2.67. The summed E-state index contributed by atoms with van der Waals surface area (Å²) < 4.78 is 0. The molecule has 0 radical (unpaired) electrons. The Morgan fingerprint density at radius 2 is 1.50 bits per heavy atom. The fraction of sp³-hybridized carbons (Fsp3) is 1.00. The topological polar surface area (TPSA) is 15.3 Å². The molecule has 0 saturated heterocycles. The van der Waals surface area contributed by atoms with Gasteiger partial charge in [0.1, 0.15) is 0 Å². The van der Waals surface area contributed by atoms with Crippen LogP contribution in [0.15, 0.2) is 0 Å². The van der Waals surface area contributed by atoms with Gasteiger partial charge in [0.05, 0.1) is 0 Å². The first-order valence-electron chi connectivity index (χ1n) is 8.84. The maximum absolute atomic E-state index is 3.76. The number of nitrogens with zero attached hydrogens (tertiary/aromatic N) is 1. The third-order valence-corrected chi connectivity index (χ3v) is 6.19. The van der Waals surface area contributed by atoms with E-state index in [1.165, 1.54) is 51.4 Å². The monoisotopic (exact) mass is 280 g/mol. The van der Waals surface area contributed by atoms with Crippen LogP contribution in [-0.2, 0) is 0 Å². The maximum atomic E-state index is 3.76. The second-order valence-corrected chi connectivity index (χ2v) is 8.00. The van der Waals surface area contributed by atoms with Crippen molar-refractivity contribution in [2.24, 2.45) is 17.8 Å². The van der Waals surface area contributed by atoms with Crippen LogP contribution in [0, 0.1) is 17.8 Å². The van der Waals surface area contributed by atoms with E-state index < -0.39 is 0 Å². The molecule has 2 saturated carbocycles. The summed E-state index contributed by atoms with van der Waals surface area (Å²) in [6.45, 7) is 4.91. The minimum atomic E-state index is 0.397. The molecule has 2 heteroatoms. The fourth-order valence-corrected chi connectivity index (χ4v) is 5.42. The van der Waals surface area contributed by atoms with Crippen LogP contribution >= 0.6 is 0 Å². The van der Waals surface area contributed by atoms with E-state index in [1.807, 2.05) is 0 Å². The molecular weight excluding hydrogens is 244 g/mol. The molecule has 3 unspecified atom stereocenters. The van der Waals surface area contributed by atoms with Gasteiger partial charge in [-0.1, -0.05) is 33.1 Å². The molecule has 0 heterocycles. The molecule has 3 atom stereocenters. The van der Waals surface area contributed by atoms with E-state index in [0.29, 0.717) is 11.6 Å². The van der Waals surface area contributed by atoms with Gasteiger partial charge < -0.3 is 10.2 Å². The van der Waals surface area contributed by atoms with E-state index in [1.54, 1.807) is 0 Å². The van der Waals surface area contributed by atoms with Crippen molar-refractivity contribution in [3.05, 3.63) is 0 Å². The standard InChI is InChI=1S/C18H36N2/c1-14-11-15(2)13-16(12-14)17(19-3)18(20(4)5)9-7-6-8-10-18/h14-17,19H,6-13H2,1-5H3. The van der Waals surface area contributed by atoms with Crippen molar-refractivity contribution >= 4 is 0 Å². The van der Waals surface area contributed by atoms with Gasteiger partial charge in [-0.2, -0.15) is 0 Å². The van der Waals surface area contributed by atoms with E-state index in [-0.39, 0.29) is 0 Å². The van der Waals surface area contributed by atoms with E-state index in [2.05, 4.69) is 45.2 Å². The second-order valence-electron chi connectivity index (χ2n) is 8.00. The van der Waals surface area contributed by atoms with Crippen LogP contribution in [0.2, 0.25) is 0 Å². The molecule has 2 fully saturated rings. The van der Waals surface area contributed by atoms with E-state index in [4.69, 9.17) is 0 Å². The Hall–Kier alpha value is -0.0800. The molecule has 118 valence electrons. The molecule has 1 N–H and O–H groups in total. The largest absolute Gasteiger partial charge is 0.315 e. The number of rotatable bonds is 4. The number of nitrogens with one attached hydrogen (secondary N) is 1. The average Bonchev–Trinajstić information content (AvgIpc) is 2.39. The van der Waals surface area contributed by atoms with Crippen LogP contribution < -0.4 is 5.32 Å². The normalized spacial score (nSPS) is 36.0. The van der Waals surface area contributed by atoms with Crippen molar-refractivity contribution in [1.82, 2.24) is 10.2 Å². The van der Waals surface area contributed by atoms with Gasteiger partial charge in [-0.15, -0.1) is 0 Å². The van der Waals surface area contributed by atoms with Crippen LogP contribution in [0.4, 0.5) is 0 Å². The third-order valence-electron chi connectivity index (χ3n) is 6.19. The predicted octanol–water partition coefficient (Wildman–Crippen LogP) is 3.91. The molecule has 0 aromatic rings. The molecular formula is C18H36N2. The van der Waals surface area contributed by atoms with Crippen molar-refractivity contribution < 1.29 is 0 Å². The molecule has 2 rings (SSSR count). The minimum Gasteiger partial charge on any atom is -0.315 e. The van der Waals surface area contributed by atoms with Gasteiger partial charge in [-0.25, -0.2) is 0 Å². The number of hydrogen-bond donors (Lipinski definition) is 1. The van der Waals surface area contributed by atoms with Crippen molar-refractivity contribution in [3.63, 3.8) is 0 Å². The quantitative estimate of drug-likeness (QED) is 0.840.